The van der Waals surface area contributed by atoms with Crippen molar-refractivity contribution in [1.29, 1.82) is 0 Å². The largest absolute Gasteiger partial charge is 0.326 e. The number of carbonyl (C=O) groups is 1. The number of carbonyl (C=O) groups excluding carboxylic acids is 1. The highest BCUT2D eigenvalue weighted by Crippen LogP contribution is 2.23. The number of hydrogen-bond acceptors (Lipinski definition) is 2. The summed E-state index contributed by atoms with van der Waals surface area (Å²) in [4.78, 5) is 11.3. The molecule has 0 aliphatic carbocycles. The van der Waals surface area contributed by atoms with Crippen LogP contribution in [0.3, 0.4) is 0 Å². The summed E-state index contributed by atoms with van der Waals surface area (Å²) < 4.78 is 0. The normalized spacial score (nSPS) is 14.2. The van der Waals surface area contributed by atoms with E-state index in [2.05, 4.69) is 22.8 Å². The first-order valence-corrected chi connectivity index (χ1v) is 7.01. The van der Waals surface area contributed by atoms with E-state index in [0.717, 1.165) is 38.0 Å². The lowest BCUT2D eigenvalue weighted by molar-refractivity contribution is -0.116. The van der Waals surface area contributed by atoms with Crippen LogP contribution in [0.1, 0.15) is 24.0 Å². The van der Waals surface area contributed by atoms with Gasteiger partial charge in [0.1, 0.15) is 0 Å². The molecule has 0 atom stereocenters. The molecule has 0 saturated carbocycles. The summed E-state index contributed by atoms with van der Waals surface area (Å²) in [5.41, 5.74) is 3.56. The highest BCUT2D eigenvalue weighted by Gasteiger charge is 2.14. The van der Waals surface area contributed by atoms with Crippen LogP contribution in [0.4, 0.5) is 5.69 Å². The zero-order valence-corrected chi connectivity index (χ0v) is 11.2. The Bertz CT molecular complexity index is 420. The summed E-state index contributed by atoms with van der Waals surface area (Å²) in [6.45, 7) is 1.95. The Hall–Kier alpha value is -1.06. The molecule has 98 valence electrons. The maximum absolute atomic E-state index is 11.3. The van der Waals surface area contributed by atoms with Crippen LogP contribution in [0, 0.1) is 0 Å². The highest BCUT2D eigenvalue weighted by molar-refractivity contribution is 6.17. The van der Waals surface area contributed by atoms with Gasteiger partial charge in [-0.1, -0.05) is 12.1 Å². The van der Waals surface area contributed by atoms with Crippen LogP contribution in [-0.4, -0.2) is 24.9 Å². The summed E-state index contributed by atoms with van der Waals surface area (Å²) >= 11 is 5.61. The number of nitrogens with one attached hydrogen (secondary N) is 2. The molecule has 0 fully saturated rings. The molecule has 0 radical (unpaired) electrons. The summed E-state index contributed by atoms with van der Waals surface area (Å²) in [6.07, 6.45) is 3.49. The smallest absolute Gasteiger partial charge is 0.224 e. The lowest BCUT2D eigenvalue weighted by atomic mass is 9.99. The molecule has 18 heavy (non-hydrogen) atoms. The Morgan fingerprint density at radius 2 is 2.17 bits per heavy atom. The van der Waals surface area contributed by atoms with E-state index in [1.807, 2.05) is 6.07 Å². The van der Waals surface area contributed by atoms with Crippen molar-refractivity contribution >= 4 is 23.2 Å². The van der Waals surface area contributed by atoms with Crippen molar-refractivity contribution in [1.82, 2.24) is 5.32 Å². The van der Waals surface area contributed by atoms with Gasteiger partial charge in [0, 0.05) is 18.0 Å². The van der Waals surface area contributed by atoms with Crippen LogP contribution in [0.5, 0.6) is 0 Å². The monoisotopic (exact) mass is 266 g/mol. The van der Waals surface area contributed by atoms with E-state index >= 15 is 0 Å². The molecule has 0 saturated heterocycles. The van der Waals surface area contributed by atoms with E-state index in [1.165, 1.54) is 11.1 Å². The summed E-state index contributed by atoms with van der Waals surface area (Å²) in [7, 11) is 0. The SMILES string of the molecule is O=C1CCc2cc(CCNCCCCl)ccc2N1. The maximum atomic E-state index is 11.3. The van der Waals surface area contributed by atoms with Crippen molar-refractivity contribution in [3.05, 3.63) is 29.3 Å². The van der Waals surface area contributed by atoms with Gasteiger partial charge in [-0.2, -0.15) is 0 Å². The minimum atomic E-state index is 0.123. The van der Waals surface area contributed by atoms with Crippen molar-refractivity contribution in [3.63, 3.8) is 0 Å². The van der Waals surface area contributed by atoms with Gasteiger partial charge >= 0.3 is 0 Å². The number of halogens is 1. The molecule has 0 unspecified atom stereocenters. The van der Waals surface area contributed by atoms with E-state index in [4.69, 9.17) is 11.6 Å². The standard InChI is InChI=1S/C14H19ClN2O/c15-7-1-8-16-9-6-11-2-4-13-12(10-11)3-5-14(18)17-13/h2,4,10,16H,1,3,5-9H2,(H,17,18). The van der Waals surface area contributed by atoms with Crippen LogP contribution in [0.2, 0.25) is 0 Å². The van der Waals surface area contributed by atoms with Crippen molar-refractivity contribution in [2.24, 2.45) is 0 Å². The third-order valence-corrected chi connectivity index (χ3v) is 3.41. The molecule has 4 heteroatoms. The zero-order chi connectivity index (χ0) is 12.8. The molecular formula is C14H19ClN2O. The van der Waals surface area contributed by atoms with Crippen LogP contribution in [0.25, 0.3) is 0 Å². The average Bonchev–Trinajstić information content (AvgIpc) is 2.38. The van der Waals surface area contributed by atoms with Crippen molar-refractivity contribution < 1.29 is 4.79 Å². The lowest BCUT2D eigenvalue weighted by Crippen LogP contribution is -2.20. The quantitative estimate of drug-likeness (QED) is 0.613. The molecular weight excluding hydrogens is 248 g/mol. The first-order valence-electron chi connectivity index (χ1n) is 6.48. The van der Waals surface area contributed by atoms with Crippen molar-refractivity contribution in [2.75, 3.05) is 24.3 Å². The number of amides is 1. The van der Waals surface area contributed by atoms with Crippen LogP contribution in [0.15, 0.2) is 18.2 Å². The van der Waals surface area contributed by atoms with Gasteiger partial charge in [-0.3, -0.25) is 4.79 Å². The Balaban J connectivity index is 1.85. The number of hydrogen-bond donors (Lipinski definition) is 2. The second-order valence-electron chi connectivity index (χ2n) is 4.58. The molecule has 1 amide bonds. The van der Waals surface area contributed by atoms with E-state index in [0.29, 0.717) is 12.3 Å². The molecule has 1 aliphatic heterocycles. The molecule has 1 aliphatic rings. The number of fused-ring (bicyclic) bond motifs is 1. The summed E-state index contributed by atoms with van der Waals surface area (Å²) in [5.74, 6) is 0.837. The third kappa shape index (κ3) is 3.72. The highest BCUT2D eigenvalue weighted by atomic mass is 35.5. The fraction of sp³-hybridized carbons (Fsp3) is 0.500. The van der Waals surface area contributed by atoms with Gasteiger partial charge in [-0.15, -0.1) is 11.6 Å². The molecule has 2 rings (SSSR count). The Morgan fingerprint density at radius 3 is 3.00 bits per heavy atom. The Morgan fingerprint density at radius 1 is 1.28 bits per heavy atom. The van der Waals surface area contributed by atoms with E-state index < -0.39 is 0 Å². The fourth-order valence-electron chi connectivity index (χ4n) is 2.14. The molecule has 0 bridgehead atoms. The van der Waals surface area contributed by atoms with Crippen molar-refractivity contribution in [2.45, 2.75) is 25.7 Å². The Kier molecular flexibility index (Phi) is 5.02. The summed E-state index contributed by atoms with van der Waals surface area (Å²) in [5, 5.41) is 6.27. The molecule has 1 aromatic carbocycles. The van der Waals surface area contributed by atoms with Gasteiger partial charge in [-0.25, -0.2) is 0 Å². The summed E-state index contributed by atoms with van der Waals surface area (Å²) in [6, 6.07) is 6.31. The molecule has 3 nitrogen and oxygen atoms in total. The lowest BCUT2D eigenvalue weighted by Gasteiger charge is -2.17. The zero-order valence-electron chi connectivity index (χ0n) is 10.5. The van der Waals surface area contributed by atoms with E-state index in [1.54, 1.807) is 0 Å². The fourth-order valence-corrected chi connectivity index (χ4v) is 2.28. The molecule has 1 heterocycles. The van der Waals surface area contributed by atoms with E-state index in [9.17, 15) is 4.79 Å². The maximum Gasteiger partial charge on any atom is 0.224 e. The minimum Gasteiger partial charge on any atom is -0.326 e. The van der Waals surface area contributed by atoms with Gasteiger partial charge < -0.3 is 10.6 Å². The number of benzene rings is 1. The van der Waals surface area contributed by atoms with Gasteiger partial charge in [-0.05, 0) is 49.5 Å². The van der Waals surface area contributed by atoms with Gasteiger partial charge in [0.25, 0.3) is 0 Å². The molecule has 0 spiro atoms. The second kappa shape index (κ2) is 6.76. The minimum absolute atomic E-state index is 0.123. The van der Waals surface area contributed by atoms with Crippen LogP contribution < -0.4 is 10.6 Å². The Labute approximate surface area is 113 Å². The predicted molar refractivity (Wildman–Crippen MR) is 75.3 cm³/mol. The molecule has 1 aromatic rings. The number of alkyl halides is 1. The van der Waals surface area contributed by atoms with Crippen LogP contribution in [-0.2, 0) is 17.6 Å². The van der Waals surface area contributed by atoms with Crippen molar-refractivity contribution in [3.8, 4) is 0 Å². The first-order chi connectivity index (χ1) is 8.79. The topological polar surface area (TPSA) is 41.1 Å². The van der Waals surface area contributed by atoms with E-state index in [-0.39, 0.29) is 5.91 Å². The average molecular weight is 267 g/mol. The number of rotatable bonds is 6. The van der Waals surface area contributed by atoms with Gasteiger partial charge in [0.05, 0.1) is 0 Å². The molecule has 0 aromatic heterocycles. The number of anilines is 1. The van der Waals surface area contributed by atoms with Gasteiger partial charge in [0.15, 0.2) is 0 Å². The van der Waals surface area contributed by atoms with Gasteiger partial charge in [0.2, 0.25) is 5.91 Å². The number of aryl methyl sites for hydroxylation is 1. The predicted octanol–water partition coefficient (Wildman–Crippen LogP) is 2.33. The molecule has 2 N–H and O–H groups in total. The van der Waals surface area contributed by atoms with Crippen LogP contribution >= 0.6 is 11.6 Å². The second-order valence-corrected chi connectivity index (χ2v) is 4.96. The first kappa shape index (κ1) is 13.4. The third-order valence-electron chi connectivity index (χ3n) is 3.14.